The van der Waals surface area contributed by atoms with E-state index in [0.717, 1.165) is 25.7 Å². The molecule has 0 aromatic carbocycles. The molecule has 2 aliphatic rings. The number of halogens is 3. The molecule has 1 heterocycles. The molecule has 0 aromatic heterocycles. The number of rotatable bonds is 3. The lowest BCUT2D eigenvalue weighted by Gasteiger charge is -2.39. The lowest BCUT2D eigenvalue weighted by Crippen LogP contribution is -2.54. The predicted molar refractivity (Wildman–Crippen MR) is 71.7 cm³/mol. The monoisotopic (exact) mass is 308 g/mol. The molecule has 0 atom stereocenters. The molecule has 0 aromatic rings. The molecule has 0 bridgehead atoms. The summed E-state index contributed by atoms with van der Waals surface area (Å²) in [4.78, 5) is 13.6. The topological polar surface area (TPSA) is 52.6 Å². The fraction of sp³-hybridized carbons (Fsp3) is 0.929. The second kappa shape index (κ2) is 6.52. The number of hydrogen-bond acceptors (Lipinski definition) is 3. The lowest BCUT2D eigenvalue weighted by molar-refractivity contribution is -0.272. The zero-order valence-electron chi connectivity index (χ0n) is 12.1. The molecular weight excluding hydrogens is 285 g/mol. The van der Waals surface area contributed by atoms with Crippen molar-refractivity contribution in [1.82, 2.24) is 10.2 Å². The normalized spacial score (nSPS) is 24.8. The summed E-state index contributed by atoms with van der Waals surface area (Å²) in [5.74, 6) is -0.126. The highest BCUT2D eigenvalue weighted by atomic mass is 19.4. The van der Waals surface area contributed by atoms with E-state index < -0.39 is 11.8 Å². The highest BCUT2D eigenvalue weighted by Crippen LogP contribution is 2.38. The van der Waals surface area contributed by atoms with Crippen molar-refractivity contribution in [1.29, 1.82) is 0 Å². The quantitative estimate of drug-likeness (QED) is 0.836. The van der Waals surface area contributed by atoms with Gasteiger partial charge in [-0.25, -0.2) is 0 Å². The van der Waals surface area contributed by atoms with Crippen LogP contribution in [0.4, 0.5) is 13.2 Å². The summed E-state index contributed by atoms with van der Waals surface area (Å²) in [6.45, 7) is 0.298. The highest BCUT2D eigenvalue weighted by molar-refractivity contribution is 5.78. The molecule has 7 heteroatoms. The predicted octanol–water partition coefficient (Wildman–Crippen LogP) is 1.82. The molecule has 0 radical (unpaired) electrons. The standard InChI is InChI=1S/C14H23F3N2O2/c15-14(16,17)13(21)6-8-19(9-7-13)10-12(20)18-11-4-2-1-3-5-11/h11,21H,1-10H2,(H,18,20). The first-order valence-electron chi connectivity index (χ1n) is 7.61. The number of aliphatic hydroxyl groups is 1. The molecule has 1 amide bonds. The number of nitrogens with one attached hydrogen (secondary N) is 1. The van der Waals surface area contributed by atoms with Crippen molar-refractivity contribution in [2.75, 3.05) is 19.6 Å². The van der Waals surface area contributed by atoms with Crippen LogP contribution in [-0.2, 0) is 4.79 Å². The maximum atomic E-state index is 12.7. The van der Waals surface area contributed by atoms with Gasteiger partial charge in [0.15, 0.2) is 5.60 Å². The van der Waals surface area contributed by atoms with Crippen LogP contribution in [0.3, 0.4) is 0 Å². The molecular formula is C14H23F3N2O2. The minimum atomic E-state index is -4.59. The maximum Gasteiger partial charge on any atom is 0.417 e. The summed E-state index contributed by atoms with van der Waals surface area (Å²) in [5, 5.41) is 12.5. The van der Waals surface area contributed by atoms with E-state index in [9.17, 15) is 23.1 Å². The SMILES string of the molecule is O=C(CN1CCC(O)(C(F)(F)F)CC1)NC1CCCCC1. The van der Waals surface area contributed by atoms with Crippen LogP contribution in [0.1, 0.15) is 44.9 Å². The van der Waals surface area contributed by atoms with Gasteiger partial charge in [-0.15, -0.1) is 0 Å². The van der Waals surface area contributed by atoms with E-state index in [-0.39, 0.29) is 44.4 Å². The van der Waals surface area contributed by atoms with Crippen LogP contribution < -0.4 is 5.32 Å². The number of carbonyl (C=O) groups is 1. The third-order valence-corrected chi connectivity index (χ3v) is 4.55. The Kier molecular flexibility index (Phi) is 5.14. The summed E-state index contributed by atoms with van der Waals surface area (Å²) < 4.78 is 38.0. The van der Waals surface area contributed by atoms with Crippen molar-refractivity contribution in [3.8, 4) is 0 Å². The molecule has 122 valence electrons. The Morgan fingerprint density at radius 2 is 1.76 bits per heavy atom. The summed E-state index contributed by atoms with van der Waals surface area (Å²) in [5.41, 5.74) is -2.59. The van der Waals surface area contributed by atoms with Crippen molar-refractivity contribution in [3.05, 3.63) is 0 Å². The number of carbonyl (C=O) groups excluding carboxylic acids is 1. The first-order valence-corrected chi connectivity index (χ1v) is 7.61. The minimum Gasteiger partial charge on any atom is -0.380 e. The van der Waals surface area contributed by atoms with E-state index in [1.807, 2.05) is 0 Å². The van der Waals surface area contributed by atoms with Gasteiger partial charge in [-0.3, -0.25) is 9.69 Å². The third kappa shape index (κ3) is 4.32. The Morgan fingerprint density at radius 3 is 2.29 bits per heavy atom. The zero-order valence-corrected chi connectivity index (χ0v) is 12.1. The van der Waals surface area contributed by atoms with Gasteiger partial charge in [0, 0.05) is 19.1 Å². The second-order valence-corrected chi connectivity index (χ2v) is 6.21. The Morgan fingerprint density at radius 1 is 1.19 bits per heavy atom. The number of alkyl halides is 3. The Labute approximate surface area is 122 Å². The van der Waals surface area contributed by atoms with E-state index >= 15 is 0 Å². The molecule has 21 heavy (non-hydrogen) atoms. The average Bonchev–Trinajstić information content (AvgIpc) is 2.41. The van der Waals surface area contributed by atoms with Gasteiger partial charge < -0.3 is 10.4 Å². The molecule has 0 spiro atoms. The number of amides is 1. The van der Waals surface area contributed by atoms with Crippen LogP contribution in [0, 0.1) is 0 Å². The second-order valence-electron chi connectivity index (χ2n) is 6.21. The van der Waals surface area contributed by atoms with E-state index in [4.69, 9.17) is 0 Å². The lowest BCUT2D eigenvalue weighted by atomic mass is 9.91. The molecule has 1 aliphatic heterocycles. The third-order valence-electron chi connectivity index (χ3n) is 4.55. The number of nitrogens with zero attached hydrogens (tertiary/aromatic N) is 1. The van der Waals surface area contributed by atoms with Gasteiger partial charge in [0.2, 0.25) is 5.91 Å². The number of hydrogen-bond donors (Lipinski definition) is 2. The van der Waals surface area contributed by atoms with Gasteiger partial charge in [0.1, 0.15) is 0 Å². The molecule has 1 aliphatic carbocycles. The molecule has 2 N–H and O–H groups in total. The van der Waals surface area contributed by atoms with Gasteiger partial charge >= 0.3 is 6.18 Å². The highest BCUT2D eigenvalue weighted by Gasteiger charge is 2.54. The minimum absolute atomic E-state index is 0.0914. The average molecular weight is 308 g/mol. The number of piperidine rings is 1. The summed E-state index contributed by atoms with van der Waals surface area (Å²) in [7, 11) is 0. The van der Waals surface area contributed by atoms with Crippen molar-refractivity contribution in [3.63, 3.8) is 0 Å². The summed E-state index contributed by atoms with van der Waals surface area (Å²) in [6, 6.07) is 0.211. The van der Waals surface area contributed by atoms with Crippen LogP contribution in [0.5, 0.6) is 0 Å². The Bertz CT molecular complexity index is 360. The van der Waals surface area contributed by atoms with Crippen molar-refractivity contribution in [2.45, 2.75) is 62.8 Å². The van der Waals surface area contributed by atoms with Gasteiger partial charge in [0.25, 0.3) is 0 Å². The summed E-state index contributed by atoms with van der Waals surface area (Å²) in [6.07, 6.45) is 0.0814. The van der Waals surface area contributed by atoms with Crippen LogP contribution in [0.2, 0.25) is 0 Å². The molecule has 1 saturated heterocycles. The maximum absolute atomic E-state index is 12.7. The Balaban J connectivity index is 1.74. The van der Waals surface area contributed by atoms with Gasteiger partial charge in [-0.1, -0.05) is 19.3 Å². The molecule has 1 saturated carbocycles. The van der Waals surface area contributed by atoms with E-state index in [0.29, 0.717) is 0 Å². The van der Waals surface area contributed by atoms with Gasteiger partial charge in [-0.05, 0) is 25.7 Å². The van der Waals surface area contributed by atoms with E-state index in [2.05, 4.69) is 5.32 Å². The van der Waals surface area contributed by atoms with E-state index in [1.54, 1.807) is 4.90 Å². The smallest absolute Gasteiger partial charge is 0.380 e. The molecule has 4 nitrogen and oxygen atoms in total. The largest absolute Gasteiger partial charge is 0.417 e. The van der Waals surface area contributed by atoms with Crippen molar-refractivity contribution in [2.24, 2.45) is 0 Å². The first kappa shape index (κ1) is 16.5. The van der Waals surface area contributed by atoms with Crippen LogP contribution in [0.25, 0.3) is 0 Å². The van der Waals surface area contributed by atoms with Crippen molar-refractivity contribution >= 4 is 5.91 Å². The number of likely N-dealkylation sites (tertiary alicyclic amines) is 1. The fourth-order valence-corrected chi connectivity index (χ4v) is 3.09. The zero-order chi connectivity index (χ0) is 15.5. The molecule has 0 unspecified atom stereocenters. The molecule has 2 rings (SSSR count). The van der Waals surface area contributed by atoms with Crippen LogP contribution >= 0.6 is 0 Å². The van der Waals surface area contributed by atoms with E-state index in [1.165, 1.54) is 6.42 Å². The molecule has 2 fully saturated rings. The van der Waals surface area contributed by atoms with Crippen LogP contribution in [0.15, 0.2) is 0 Å². The fourth-order valence-electron chi connectivity index (χ4n) is 3.09. The first-order chi connectivity index (χ1) is 9.80. The van der Waals surface area contributed by atoms with Gasteiger partial charge in [-0.2, -0.15) is 13.2 Å². The van der Waals surface area contributed by atoms with Crippen LogP contribution in [-0.4, -0.2) is 53.4 Å². The van der Waals surface area contributed by atoms with Crippen molar-refractivity contribution < 1.29 is 23.1 Å². The summed E-state index contributed by atoms with van der Waals surface area (Å²) >= 11 is 0. The Hall–Kier alpha value is -0.820. The van der Waals surface area contributed by atoms with Gasteiger partial charge in [0.05, 0.1) is 6.54 Å².